The van der Waals surface area contributed by atoms with Gasteiger partial charge in [-0.25, -0.2) is 29.1 Å². The Balaban J connectivity index is 1.43. The van der Waals surface area contributed by atoms with Crippen molar-refractivity contribution < 1.29 is 55.0 Å². The van der Waals surface area contributed by atoms with Gasteiger partial charge in [0, 0.05) is 6.20 Å². The topological polar surface area (TPSA) is 239 Å². The fourth-order valence-corrected chi connectivity index (χ4v) is 11.7. The van der Waals surface area contributed by atoms with E-state index in [9.17, 15) is 15.3 Å². The molecule has 3 fully saturated rings. The van der Waals surface area contributed by atoms with E-state index >= 15 is 4.39 Å². The highest BCUT2D eigenvalue weighted by molar-refractivity contribution is 8.07. The number of imidazole rings is 1. The Kier molecular flexibility index (Phi) is 14.3. The summed E-state index contributed by atoms with van der Waals surface area (Å²) in [6.45, 7) is 1.25. The highest BCUT2D eigenvalue weighted by atomic mass is 32.5. The Morgan fingerprint density at radius 3 is 2.25 bits per heavy atom. The maximum atomic E-state index is 16.9. The predicted molar refractivity (Wildman–Crippen MR) is 216 cm³/mol. The van der Waals surface area contributed by atoms with Crippen LogP contribution in [0.15, 0.2) is 31.0 Å². The number of nitrogen functional groups attached to an aromatic ring is 1. The monoisotopic (exact) mass is 914 g/mol. The highest BCUT2D eigenvalue weighted by Crippen LogP contribution is 2.59. The molecule has 4 unspecified atom stereocenters. The second-order valence-electron chi connectivity index (χ2n) is 15.1. The van der Waals surface area contributed by atoms with E-state index in [1.54, 1.807) is 6.07 Å². The lowest BCUT2D eigenvalue weighted by Crippen LogP contribution is -2.49. The maximum Gasteiger partial charge on any atom is 0.356 e. The number of nitrogens with zero attached hydrogens (tertiary/aromatic N) is 7. The van der Waals surface area contributed by atoms with Crippen molar-refractivity contribution in [2.24, 2.45) is 0 Å². The molecule has 0 aliphatic carbocycles. The number of nitriles is 2. The lowest BCUT2D eigenvalue weighted by molar-refractivity contribution is -0.0566. The van der Waals surface area contributed by atoms with Gasteiger partial charge in [0.05, 0.1) is 64.8 Å². The molecular weight excluding hydrogens is 870 g/mol. The third kappa shape index (κ3) is 10.1. The minimum atomic E-state index is -3.96. The predicted octanol–water partition coefficient (Wildman–Crippen LogP) is 5.48. The summed E-state index contributed by atoms with van der Waals surface area (Å²) in [5.74, 6) is -0.589. The maximum absolute atomic E-state index is 16.9. The number of nitrogens with two attached hydrogens (primary N) is 1. The molecular formula is C34H45FN8O11P2S2Si. The van der Waals surface area contributed by atoms with Crippen LogP contribution >= 0.6 is 13.4 Å². The number of esters is 1. The first-order chi connectivity index (χ1) is 27.9. The number of alkyl halides is 1. The zero-order valence-electron chi connectivity index (χ0n) is 33.0. The van der Waals surface area contributed by atoms with E-state index in [1.807, 2.05) is 25.2 Å². The minimum absolute atomic E-state index is 0.0241. The molecule has 0 bridgehead atoms. The number of hydrogen-bond donors (Lipinski definition) is 1. The molecule has 3 aliphatic heterocycles. The summed E-state index contributed by atoms with van der Waals surface area (Å²) in [5.41, 5.74) is 6.94. The fraction of sp³-hybridized carbons (Fsp3) is 0.618. The molecule has 320 valence electrons. The molecule has 3 aliphatic rings. The number of pyridine rings is 1. The average Bonchev–Trinajstić information content (AvgIpc) is 3.86. The number of halogens is 1. The van der Waals surface area contributed by atoms with Gasteiger partial charge in [0.15, 0.2) is 32.2 Å². The van der Waals surface area contributed by atoms with Gasteiger partial charge in [-0.15, -0.1) is 0 Å². The number of aromatic nitrogens is 5. The summed E-state index contributed by atoms with van der Waals surface area (Å²) >= 11 is 11.9. The average molecular weight is 915 g/mol. The van der Waals surface area contributed by atoms with Crippen molar-refractivity contribution in [2.45, 2.75) is 101 Å². The van der Waals surface area contributed by atoms with E-state index in [-0.39, 0.29) is 60.4 Å². The van der Waals surface area contributed by atoms with E-state index < -0.39 is 83.4 Å². The Morgan fingerprint density at radius 2 is 1.64 bits per heavy atom. The quantitative estimate of drug-likeness (QED) is 0.108. The van der Waals surface area contributed by atoms with E-state index in [0.29, 0.717) is 5.56 Å². The molecule has 19 nitrogen and oxygen atoms in total. The van der Waals surface area contributed by atoms with Crippen LogP contribution in [0.25, 0.3) is 11.2 Å². The van der Waals surface area contributed by atoms with Gasteiger partial charge < -0.3 is 42.5 Å². The largest absolute Gasteiger partial charge is 0.464 e. The molecule has 0 amide bonds. The van der Waals surface area contributed by atoms with Crippen molar-refractivity contribution in [1.29, 1.82) is 10.5 Å². The van der Waals surface area contributed by atoms with Gasteiger partial charge in [0.2, 0.25) is 0 Å². The van der Waals surface area contributed by atoms with Crippen LogP contribution < -0.4 is 5.73 Å². The number of anilines is 1. The van der Waals surface area contributed by atoms with Crippen LogP contribution in [0, 0.1) is 22.7 Å². The number of carbonyl (C=O) groups is 1. The Labute approximate surface area is 351 Å². The highest BCUT2D eigenvalue weighted by Gasteiger charge is 2.56. The van der Waals surface area contributed by atoms with Crippen LogP contribution in [0.3, 0.4) is 0 Å². The van der Waals surface area contributed by atoms with Crippen LogP contribution in [-0.4, -0.2) is 109 Å². The Morgan fingerprint density at radius 1 is 1.02 bits per heavy atom. The lowest BCUT2D eigenvalue weighted by Gasteiger charge is -2.41. The molecule has 0 saturated carbocycles. The first-order valence-electron chi connectivity index (χ1n) is 18.4. The van der Waals surface area contributed by atoms with Gasteiger partial charge >= 0.3 is 19.4 Å². The lowest BCUT2D eigenvalue weighted by atomic mass is 10.0. The molecule has 10 atom stereocenters. The molecule has 3 aromatic heterocycles. The van der Waals surface area contributed by atoms with E-state index in [1.165, 1.54) is 36.6 Å². The van der Waals surface area contributed by atoms with Crippen molar-refractivity contribution >= 4 is 68.3 Å². The summed E-state index contributed by atoms with van der Waals surface area (Å²) in [7, 11) is -1.43. The van der Waals surface area contributed by atoms with Crippen LogP contribution in [0.2, 0.25) is 18.1 Å². The second kappa shape index (κ2) is 18.6. The number of fused-ring (bicyclic) bond motifs is 3. The molecule has 6 rings (SSSR count). The molecule has 2 N–H and O–H groups in total. The van der Waals surface area contributed by atoms with E-state index in [0.717, 1.165) is 0 Å². The van der Waals surface area contributed by atoms with Crippen LogP contribution in [0.5, 0.6) is 0 Å². The normalized spacial score (nSPS) is 31.6. The second-order valence-corrected chi connectivity index (χ2v) is 25.8. The van der Waals surface area contributed by atoms with Crippen molar-refractivity contribution in [1.82, 2.24) is 24.5 Å². The number of ether oxygens (including phenoxy) is 3. The summed E-state index contributed by atoms with van der Waals surface area (Å²) < 4.78 is 80.9. The summed E-state index contributed by atoms with van der Waals surface area (Å²) in [6.07, 6.45) is -6.23. The third-order valence-corrected chi connectivity index (χ3v) is 19.4. The Bertz CT molecular complexity index is 2190. The van der Waals surface area contributed by atoms with Crippen LogP contribution in [0.1, 0.15) is 62.0 Å². The third-order valence-electron chi connectivity index (χ3n) is 10.2. The van der Waals surface area contributed by atoms with Gasteiger partial charge in [-0.1, -0.05) is 20.8 Å². The first-order valence-corrected chi connectivity index (χ1v) is 26.4. The van der Waals surface area contributed by atoms with Gasteiger partial charge in [0.1, 0.15) is 54.2 Å². The standard InChI is InChI=1S/C34H45FN8O11P2S2Si/c1-34(2,3)59(5,6)54-29-26(20-9-12-39-21(15-20)33(44)45-4)50-23-17-49-55(57,46-13-7-10-36)52-27-22(16-48-56(58,53-28(23)29)47-14-8-11-37)51-32(24(27)35)43-19-42-25-30(38)40-18-41-31(25)43/h9,12,15,18-19,22-24,26-29,32H,7-8,13-14,16-17H2,1-6H3,(H2,38,40,41)/t22-,23?,24-,26+,27-,28-,29?,32-,55?,56?/m1/s1. The number of carbonyl (C=O) groups excluding carboxylic acids is 1. The molecule has 25 heteroatoms. The van der Waals surface area contributed by atoms with Crippen LogP contribution in [0.4, 0.5) is 10.2 Å². The summed E-state index contributed by atoms with van der Waals surface area (Å²) in [5, 5.41) is 18.4. The number of hydrogen-bond acceptors (Lipinski definition) is 20. The van der Waals surface area contributed by atoms with Gasteiger partial charge in [0.25, 0.3) is 0 Å². The number of rotatable bonds is 11. The molecule has 3 saturated heterocycles. The Hall–Kier alpha value is -2.96. The van der Waals surface area contributed by atoms with Crippen LogP contribution in [-0.2, 0) is 69.4 Å². The zero-order chi connectivity index (χ0) is 42.8. The summed E-state index contributed by atoms with van der Waals surface area (Å²) in [4.78, 5) is 29.2. The minimum Gasteiger partial charge on any atom is -0.464 e. The number of methoxy groups -OCH3 is 1. The molecule has 3 aromatic rings. The van der Waals surface area contributed by atoms with E-state index in [2.05, 4.69) is 40.7 Å². The van der Waals surface area contributed by atoms with Crippen molar-refractivity contribution in [2.75, 3.05) is 39.3 Å². The fourth-order valence-electron chi connectivity index (χ4n) is 6.21. The van der Waals surface area contributed by atoms with E-state index in [4.69, 9.17) is 75.1 Å². The summed E-state index contributed by atoms with van der Waals surface area (Å²) in [6, 6.07) is 7.21. The van der Waals surface area contributed by atoms with Crippen molar-refractivity contribution in [3.05, 3.63) is 42.2 Å². The van der Waals surface area contributed by atoms with Crippen molar-refractivity contribution in [3.63, 3.8) is 0 Å². The molecule has 0 aromatic carbocycles. The first kappa shape index (κ1) is 45.6. The molecule has 0 radical (unpaired) electrons. The van der Waals surface area contributed by atoms with Gasteiger partial charge in [-0.2, -0.15) is 10.5 Å². The molecule has 0 spiro atoms. The van der Waals surface area contributed by atoms with Gasteiger partial charge in [-0.3, -0.25) is 13.6 Å². The SMILES string of the molecule is COC(=O)c1cc([C@@H]2OC3COP(=S)(OCCC#N)O[C@H]4[C@@H](F)[C@H](n5cnc6c(N)ncnc65)O[C@@H]4COP(=S)(OCCC#N)O[C@H]3C2O[Si](C)(C)C(C)(C)C)ccn1. The van der Waals surface area contributed by atoms with Crippen molar-refractivity contribution in [3.8, 4) is 12.1 Å². The van der Waals surface area contributed by atoms with Gasteiger partial charge in [-0.05, 0) is 59.4 Å². The molecule has 6 heterocycles. The zero-order valence-corrected chi connectivity index (χ0v) is 37.5. The smallest absolute Gasteiger partial charge is 0.356 e. The molecule has 59 heavy (non-hydrogen) atoms.